The number of esters is 1. The predicted molar refractivity (Wildman–Crippen MR) is 154 cm³/mol. The monoisotopic (exact) mass is 524 g/mol. The molecule has 0 heterocycles. The van der Waals surface area contributed by atoms with E-state index in [4.69, 9.17) is 16.3 Å². The van der Waals surface area contributed by atoms with Crippen molar-refractivity contribution in [1.82, 2.24) is 0 Å². The van der Waals surface area contributed by atoms with Gasteiger partial charge < -0.3 is 4.74 Å². The van der Waals surface area contributed by atoms with Gasteiger partial charge in [0.2, 0.25) is 0 Å². The Bertz CT molecular complexity index is 984. The topological polar surface area (TPSA) is 26.3 Å². The summed E-state index contributed by atoms with van der Waals surface area (Å²) in [6.45, 7) is 7.53. The molecule has 0 N–H and O–H groups in total. The van der Waals surface area contributed by atoms with E-state index in [1.165, 1.54) is 77.0 Å². The molecule has 2 nitrogen and oxygen atoms in total. The molecule has 0 amide bonds. The average molecular weight is 525 g/mol. The van der Waals surface area contributed by atoms with Gasteiger partial charge in [-0.25, -0.2) is 4.79 Å². The van der Waals surface area contributed by atoms with E-state index in [0.29, 0.717) is 16.0 Å². The maximum atomic E-state index is 12.8. The Morgan fingerprint density at radius 2 is 1.76 bits per heavy atom. The second kappa shape index (κ2) is 11.4. The molecule has 0 spiro atoms. The van der Waals surface area contributed by atoms with Crippen LogP contribution in [0.1, 0.15) is 127 Å². The van der Waals surface area contributed by atoms with Crippen LogP contribution in [0.15, 0.2) is 35.9 Å². The molecule has 0 aromatic heterocycles. The zero-order valence-electron chi connectivity index (χ0n) is 23.6. The van der Waals surface area contributed by atoms with Crippen molar-refractivity contribution in [3.63, 3.8) is 0 Å². The molecular weight excluding hydrogens is 476 g/mol. The first-order valence-corrected chi connectivity index (χ1v) is 15.9. The van der Waals surface area contributed by atoms with E-state index in [1.807, 2.05) is 12.1 Å². The summed E-state index contributed by atoms with van der Waals surface area (Å²) in [4.78, 5) is 12.8. The lowest BCUT2D eigenvalue weighted by Crippen LogP contribution is -2.50. The van der Waals surface area contributed by atoms with Gasteiger partial charge in [-0.15, -0.1) is 0 Å². The molecule has 0 bridgehead atoms. The van der Waals surface area contributed by atoms with Crippen molar-refractivity contribution in [3.8, 4) is 0 Å². The molecule has 37 heavy (non-hydrogen) atoms. The first kappa shape index (κ1) is 27.3. The molecule has 1 aromatic carbocycles. The van der Waals surface area contributed by atoms with E-state index in [-0.39, 0.29) is 17.5 Å². The molecule has 0 saturated heterocycles. The minimum absolute atomic E-state index is 0.0262. The molecule has 1 aromatic rings. The van der Waals surface area contributed by atoms with Crippen molar-refractivity contribution >= 4 is 17.6 Å². The summed E-state index contributed by atoms with van der Waals surface area (Å²) in [5.41, 5.74) is 2.91. The van der Waals surface area contributed by atoms with E-state index in [2.05, 4.69) is 26.8 Å². The lowest BCUT2D eigenvalue weighted by molar-refractivity contribution is -0.0536. The zero-order valence-corrected chi connectivity index (χ0v) is 24.3. The number of unbranched alkanes of at least 4 members (excludes halogenated alkanes) is 5. The van der Waals surface area contributed by atoms with Crippen molar-refractivity contribution < 1.29 is 9.53 Å². The number of halogens is 1. The van der Waals surface area contributed by atoms with Crippen molar-refractivity contribution in [2.75, 3.05) is 0 Å². The maximum Gasteiger partial charge on any atom is 0.339 e. The number of hydrogen-bond acceptors (Lipinski definition) is 2. The third kappa shape index (κ3) is 5.30. The van der Waals surface area contributed by atoms with Gasteiger partial charge >= 0.3 is 5.97 Å². The van der Waals surface area contributed by atoms with Crippen LogP contribution in [-0.4, -0.2) is 12.1 Å². The van der Waals surface area contributed by atoms with Crippen LogP contribution >= 0.6 is 11.6 Å². The molecule has 7 atom stereocenters. The van der Waals surface area contributed by atoms with Gasteiger partial charge in [-0.1, -0.05) is 94.7 Å². The maximum absolute atomic E-state index is 12.8. The molecule has 0 aliphatic heterocycles. The Kier molecular flexibility index (Phi) is 8.45. The fourth-order valence-electron chi connectivity index (χ4n) is 9.32. The molecule has 3 saturated carbocycles. The minimum Gasteiger partial charge on any atom is -0.458 e. The number of carbonyl (C=O) groups is 1. The highest BCUT2D eigenvalue weighted by atomic mass is 35.5. The highest BCUT2D eigenvalue weighted by Gasteiger charge is 2.58. The predicted octanol–water partition coefficient (Wildman–Crippen LogP) is 10.2. The molecule has 4 aliphatic carbocycles. The van der Waals surface area contributed by atoms with E-state index in [0.717, 1.165) is 42.9 Å². The second-order valence-corrected chi connectivity index (χ2v) is 13.8. The lowest BCUT2D eigenvalue weighted by atomic mass is 9.47. The van der Waals surface area contributed by atoms with E-state index in [1.54, 1.807) is 17.7 Å². The third-order valence-corrected chi connectivity index (χ3v) is 11.9. The normalized spacial score (nSPS) is 36.8. The number of allylic oxidation sites excluding steroid dienone is 1. The minimum atomic E-state index is -0.274. The summed E-state index contributed by atoms with van der Waals surface area (Å²) < 4.78 is 5.99. The summed E-state index contributed by atoms with van der Waals surface area (Å²) in [5.74, 6) is 3.23. The Morgan fingerprint density at radius 3 is 2.57 bits per heavy atom. The Morgan fingerprint density at radius 1 is 0.973 bits per heavy atom. The van der Waals surface area contributed by atoms with Crippen LogP contribution in [0.5, 0.6) is 0 Å². The van der Waals surface area contributed by atoms with Crippen LogP contribution in [0.25, 0.3) is 0 Å². The van der Waals surface area contributed by atoms with Crippen LogP contribution in [0, 0.1) is 34.5 Å². The van der Waals surface area contributed by atoms with Crippen LogP contribution in [0.3, 0.4) is 0 Å². The summed E-state index contributed by atoms with van der Waals surface area (Å²) in [5, 5.41) is 0.476. The molecule has 0 radical (unpaired) electrons. The molecule has 7 unspecified atom stereocenters. The fourth-order valence-corrected chi connectivity index (χ4v) is 9.54. The first-order chi connectivity index (χ1) is 17.9. The smallest absolute Gasteiger partial charge is 0.339 e. The molecule has 3 heteroatoms. The van der Waals surface area contributed by atoms with Crippen molar-refractivity contribution in [2.24, 2.45) is 34.5 Å². The lowest BCUT2D eigenvalue weighted by Gasteiger charge is -2.58. The summed E-state index contributed by atoms with van der Waals surface area (Å²) in [6.07, 6.45) is 22.5. The molecule has 204 valence electrons. The summed E-state index contributed by atoms with van der Waals surface area (Å²) >= 11 is 6.25. The van der Waals surface area contributed by atoms with Crippen LogP contribution in [-0.2, 0) is 4.74 Å². The second-order valence-electron chi connectivity index (χ2n) is 13.4. The first-order valence-electron chi connectivity index (χ1n) is 15.5. The Balaban J connectivity index is 1.21. The van der Waals surface area contributed by atoms with Crippen LogP contribution in [0.2, 0.25) is 5.02 Å². The number of rotatable bonds is 9. The van der Waals surface area contributed by atoms with Gasteiger partial charge in [-0.05, 0) is 98.0 Å². The molecular formula is C34H49ClO2. The van der Waals surface area contributed by atoms with E-state index < -0.39 is 0 Å². The van der Waals surface area contributed by atoms with Gasteiger partial charge in [0.25, 0.3) is 0 Å². The highest BCUT2D eigenvalue weighted by Crippen LogP contribution is 2.66. The SMILES string of the molecule is CCCCCCCCC1CCC2C3CC=C4CC(OC(=O)c5ccccc5Cl)CCC4(C)C3CCC12C. The highest BCUT2D eigenvalue weighted by molar-refractivity contribution is 6.33. The summed E-state index contributed by atoms with van der Waals surface area (Å²) in [7, 11) is 0. The van der Waals surface area contributed by atoms with Gasteiger partial charge in [0.1, 0.15) is 6.10 Å². The number of benzene rings is 1. The van der Waals surface area contributed by atoms with E-state index >= 15 is 0 Å². The number of carbonyl (C=O) groups excluding carboxylic acids is 1. The number of ether oxygens (including phenoxy) is 1. The largest absolute Gasteiger partial charge is 0.458 e. The molecule has 4 aliphatic rings. The van der Waals surface area contributed by atoms with Gasteiger partial charge in [-0.2, -0.15) is 0 Å². The average Bonchev–Trinajstić information content (AvgIpc) is 3.22. The third-order valence-electron chi connectivity index (χ3n) is 11.5. The number of fused-ring (bicyclic) bond motifs is 5. The van der Waals surface area contributed by atoms with Gasteiger partial charge in [-0.3, -0.25) is 0 Å². The van der Waals surface area contributed by atoms with Gasteiger partial charge in [0.15, 0.2) is 0 Å². The molecule has 5 rings (SSSR count). The fraction of sp³-hybridized carbons (Fsp3) is 0.735. The van der Waals surface area contributed by atoms with E-state index in [9.17, 15) is 4.79 Å². The summed E-state index contributed by atoms with van der Waals surface area (Å²) in [6, 6.07) is 7.23. The zero-order chi connectivity index (χ0) is 26.0. The van der Waals surface area contributed by atoms with Crippen LogP contribution < -0.4 is 0 Å². The van der Waals surface area contributed by atoms with Gasteiger partial charge in [0.05, 0.1) is 10.6 Å². The van der Waals surface area contributed by atoms with Crippen molar-refractivity contribution in [2.45, 2.75) is 123 Å². The number of hydrogen-bond donors (Lipinski definition) is 0. The molecule has 3 fully saturated rings. The van der Waals surface area contributed by atoms with Crippen LogP contribution in [0.4, 0.5) is 0 Å². The standard InChI is InChI=1S/C34H49ClO2/c1-4-5-6-7-8-9-12-24-16-18-29-27-17-15-25-23-26(37-32(36)28-13-10-11-14-31(28)35)19-21-34(25,3)30(27)20-22-33(24,29)2/h10-11,13-15,24,26-27,29-30H,4-9,12,16-23H2,1-3H3. The van der Waals surface area contributed by atoms with Crippen molar-refractivity contribution in [1.29, 1.82) is 0 Å². The Hall–Kier alpha value is -1.28. The van der Waals surface area contributed by atoms with Gasteiger partial charge in [0, 0.05) is 6.42 Å². The van der Waals surface area contributed by atoms with Crippen molar-refractivity contribution in [3.05, 3.63) is 46.5 Å². The Labute approximate surface area is 231 Å². The quantitative estimate of drug-likeness (QED) is 0.182.